The molecule has 14 nitrogen and oxygen atoms in total. The number of aliphatic hydroxyl groups excluding tert-OH is 1. The molecule has 1 unspecified atom stereocenters. The zero-order chi connectivity index (χ0) is 75.1. The monoisotopic (exact) mass is 1400 g/mol. The molecule has 2 aliphatic heterocycles. The van der Waals surface area contributed by atoms with Gasteiger partial charge < -0.3 is 34.8 Å². The number of ether oxygens (including phenoxy) is 1. The first kappa shape index (κ1) is 76.9. The summed E-state index contributed by atoms with van der Waals surface area (Å²) in [6.45, 7) is 35.6. The van der Waals surface area contributed by atoms with Gasteiger partial charge in [0.2, 0.25) is 11.6 Å². The first-order chi connectivity index (χ1) is 50.6. The molecule has 10 rings (SSSR count). The Balaban J connectivity index is 1.06. The summed E-state index contributed by atoms with van der Waals surface area (Å²) in [6.07, 6.45) is 27.1. The van der Waals surface area contributed by atoms with Crippen LogP contribution in [0, 0.1) is 31.8 Å². The molecule has 542 valence electrons. The van der Waals surface area contributed by atoms with Gasteiger partial charge in [-0.15, -0.1) is 0 Å². The number of nitriles is 1. The van der Waals surface area contributed by atoms with Crippen molar-refractivity contribution in [2.75, 3.05) is 54.6 Å². The van der Waals surface area contributed by atoms with E-state index in [0.29, 0.717) is 24.2 Å². The van der Waals surface area contributed by atoms with Crippen LogP contribution in [0.2, 0.25) is 0 Å². The molecule has 1 atom stereocenters. The third-order valence-corrected chi connectivity index (χ3v) is 20.7. The zero-order valence-electron chi connectivity index (χ0n) is 63.5. The maximum atomic E-state index is 14.1. The van der Waals surface area contributed by atoms with Crippen LogP contribution in [0.1, 0.15) is 180 Å². The number of benzene rings is 5. The van der Waals surface area contributed by atoms with Crippen molar-refractivity contribution in [2.24, 2.45) is 0 Å². The molecule has 0 saturated heterocycles. The number of allylic oxidation sites excluding steroid dienone is 11. The number of nitrogens with zero attached hydrogens (tertiary/aromatic N) is 8. The summed E-state index contributed by atoms with van der Waals surface area (Å²) in [5.41, 5.74) is 23.3. The van der Waals surface area contributed by atoms with Crippen LogP contribution < -0.4 is 25.8 Å². The molecule has 14 heteroatoms. The topological polar surface area (TPSA) is 155 Å². The molecular weight excluding hydrogens is 1300 g/mol. The van der Waals surface area contributed by atoms with Gasteiger partial charge in [-0.3, -0.25) is 18.7 Å². The van der Waals surface area contributed by atoms with E-state index in [1.165, 1.54) is 30.0 Å². The first-order valence-electron chi connectivity index (χ1n) is 37.4. The van der Waals surface area contributed by atoms with Gasteiger partial charge in [0.25, 0.3) is 11.1 Å². The fourth-order valence-electron chi connectivity index (χ4n) is 14.6. The lowest BCUT2D eigenvalue weighted by Gasteiger charge is -2.26. The number of hydrogen-bond donors (Lipinski definition) is 3. The Morgan fingerprint density at radius 1 is 0.657 bits per heavy atom. The molecular formula is C91H103N8O6+. The van der Waals surface area contributed by atoms with E-state index in [0.717, 1.165) is 161 Å². The van der Waals surface area contributed by atoms with Gasteiger partial charge in [0.15, 0.2) is 11.6 Å². The van der Waals surface area contributed by atoms with Gasteiger partial charge in [-0.05, 0) is 177 Å². The fraction of sp³-hybridized carbons (Fsp3) is 0.352. The van der Waals surface area contributed by atoms with Gasteiger partial charge >= 0.3 is 0 Å². The van der Waals surface area contributed by atoms with Crippen molar-refractivity contribution in [3.8, 4) is 17.8 Å². The Hall–Kier alpha value is -10.7. The summed E-state index contributed by atoms with van der Waals surface area (Å²) in [5.74, 6) is -0.696. The smallest absolute Gasteiger partial charge is 0.271 e. The second-order valence-corrected chi connectivity index (χ2v) is 28.8. The molecule has 0 fully saturated rings. The summed E-state index contributed by atoms with van der Waals surface area (Å²) in [4.78, 5) is 38.2. The highest BCUT2D eigenvalue weighted by atomic mass is 16.5. The molecule has 0 bridgehead atoms. The second-order valence-electron chi connectivity index (χ2n) is 28.8. The van der Waals surface area contributed by atoms with Crippen LogP contribution >= 0.6 is 0 Å². The van der Waals surface area contributed by atoms with Crippen molar-refractivity contribution in [2.45, 2.75) is 171 Å². The lowest BCUT2D eigenvalue weighted by molar-refractivity contribution is -0.527. The lowest BCUT2D eigenvalue weighted by Crippen LogP contribution is -2.28. The van der Waals surface area contributed by atoms with Gasteiger partial charge in [0, 0.05) is 97.3 Å². The minimum Gasteiger partial charge on any atom is -0.503 e. The quantitative estimate of drug-likeness (QED) is 0.0179. The largest absolute Gasteiger partial charge is 0.503 e. The Morgan fingerprint density at radius 2 is 1.16 bits per heavy atom. The van der Waals surface area contributed by atoms with Gasteiger partial charge in [-0.1, -0.05) is 180 Å². The summed E-state index contributed by atoms with van der Waals surface area (Å²) in [5, 5.41) is 43.1. The summed E-state index contributed by atoms with van der Waals surface area (Å²) in [7, 11) is 1.53. The minimum absolute atomic E-state index is 0.0238. The van der Waals surface area contributed by atoms with Crippen LogP contribution in [0.5, 0.6) is 11.8 Å². The van der Waals surface area contributed by atoms with Crippen LogP contribution in [-0.2, 0) is 41.7 Å². The normalized spacial score (nSPS) is 14.4. The van der Waals surface area contributed by atoms with Crippen molar-refractivity contribution >= 4 is 51.8 Å². The van der Waals surface area contributed by atoms with Crippen LogP contribution in [-0.4, -0.2) is 80.7 Å². The van der Waals surface area contributed by atoms with Crippen LogP contribution in [0.3, 0.4) is 0 Å². The highest BCUT2D eigenvalue weighted by Crippen LogP contribution is 2.50. The number of pyridine rings is 2. The van der Waals surface area contributed by atoms with Crippen molar-refractivity contribution in [3.05, 3.63) is 291 Å². The van der Waals surface area contributed by atoms with E-state index < -0.39 is 28.1 Å². The van der Waals surface area contributed by atoms with Crippen molar-refractivity contribution in [3.63, 3.8) is 0 Å². The minimum atomic E-state index is -0.943. The van der Waals surface area contributed by atoms with Gasteiger partial charge in [-0.2, -0.15) is 5.26 Å². The predicted molar refractivity (Wildman–Crippen MR) is 431 cm³/mol. The van der Waals surface area contributed by atoms with Crippen molar-refractivity contribution in [1.82, 2.24) is 9.13 Å². The third kappa shape index (κ3) is 16.8. The molecule has 3 N–H and O–H groups in total. The second kappa shape index (κ2) is 34.7. The molecule has 0 spiro atoms. The average Bonchev–Trinajstić information content (AvgIpc) is 1.61. The number of para-hydroxylation sites is 2. The van der Waals surface area contributed by atoms with Gasteiger partial charge in [0.1, 0.15) is 24.7 Å². The number of unbranched alkanes of at least 4 members (excludes halogenated alkanes) is 4. The Morgan fingerprint density at radius 3 is 1.66 bits per heavy atom. The Labute approximate surface area is 621 Å². The Bertz CT molecular complexity index is 4870. The number of aromatic hydroxyl groups is 2. The van der Waals surface area contributed by atoms with E-state index in [1.807, 2.05) is 24.3 Å². The maximum Gasteiger partial charge on any atom is 0.271 e. The highest BCUT2D eigenvalue weighted by molar-refractivity contribution is 6.03. The SMILES string of the molecule is [C-]#[N+]c1c(C)c(C=C=C2N(Cc3ccc(C(C=CC=C(c4ccc(CN5C(=C=Cc6c(C)c(C#N)c(=O)n(CC(C)O)c6O)C(C)(C)c6ccccc65)cc4)c4ccc(N(CCCC)CCCC)cc4)=C4C=CC(=[N+](CCCC)CCCC)C=C4)cc3)c3ccccc3C2(C)C)c(=O)n(CCOC)c1O. The van der Waals surface area contributed by atoms with Gasteiger partial charge in [-0.25, -0.2) is 9.42 Å². The molecule has 5 aromatic carbocycles. The van der Waals surface area contributed by atoms with Crippen LogP contribution in [0.15, 0.2) is 202 Å². The molecule has 0 radical (unpaired) electrons. The summed E-state index contributed by atoms with van der Waals surface area (Å²) >= 11 is 0. The van der Waals surface area contributed by atoms with E-state index >= 15 is 0 Å². The number of anilines is 3. The number of rotatable bonds is 29. The average molecular weight is 1400 g/mol. The number of methoxy groups -OCH3 is 1. The molecule has 4 heterocycles. The lowest BCUT2D eigenvalue weighted by atomic mass is 9.84. The molecule has 7 aromatic rings. The van der Waals surface area contributed by atoms with E-state index in [1.54, 1.807) is 26.0 Å². The molecule has 0 amide bonds. The van der Waals surface area contributed by atoms with Crippen molar-refractivity contribution < 1.29 is 24.6 Å². The molecule has 1 aliphatic carbocycles. The van der Waals surface area contributed by atoms with E-state index in [-0.39, 0.29) is 53.8 Å². The third-order valence-electron chi connectivity index (χ3n) is 20.7. The van der Waals surface area contributed by atoms with E-state index in [2.05, 4.69) is 237 Å². The van der Waals surface area contributed by atoms with Crippen LogP contribution in [0.25, 0.3) is 28.1 Å². The zero-order valence-corrected chi connectivity index (χ0v) is 63.5. The predicted octanol–water partition coefficient (Wildman–Crippen LogP) is 18.5. The van der Waals surface area contributed by atoms with E-state index in [9.17, 15) is 30.2 Å². The number of fused-ring (bicyclic) bond motifs is 2. The maximum absolute atomic E-state index is 14.1. The first-order valence-corrected chi connectivity index (χ1v) is 37.4. The summed E-state index contributed by atoms with van der Waals surface area (Å²) in [6, 6.07) is 45.5. The number of aliphatic hydroxyl groups is 1. The Kier molecular flexibility index (Phi) is 25.4. The fourth-order valence-corrected chi connectivity index (χ4v) is 14.6. The molecule has 3 aliphatic rings. The van der Waals surface area contributed by atoms with E-state index in [4.69, 9.17) is 11.3 Å². The highest BCUT2D eigenvalue weighted by Gasteiger charge is 2.42. The molecule has 0 saturated carbocycles. The molecule has 2 aromatic heterocycles. The standard InChI is InChI=1S/C91H102N8O6/c1-14-18-53-94(54-19-15-2)72-45-41-70(42-46-72)76(68-37-33-66(34-38-68)61-97-81-31-24-22-29-79(81)90(8,9)83(97)51-49-74-64(6)78(59-92)88(103)99(87(74)102)60-63(5)100)27-26-28-77(71-43-47-73(48-44-71)95(55-20-16-3)56-21-17-4)69-39-35-67(36-40-69)62-98-82-32-25-23-30-80(82)91(10,11)84(98)52-50-75-65(7)85(93-12)89(104)96(86(75)101)57-58-105-13/h22-50,63,100H,14-21,53-58,60-62H2,1-11,13H3,(H-,101,102,103,104)/p+1. The van der Waals surface area contributed by atoms with Crippen molar-refractivity contribution in [1.29, 1.82) is 5.26 Å². The van der Waals surface area contributed by atoms with Gasteiger partial charge in [0.05, 0.1) is 43.8 Å². The summed E-state index contributed by atoms with van der Waals surface area (Å²) < 4.78 is 10.1. The molecule has 105 heavy (non-hydrogen) atoms. The van der Waals surface area contributed by atoms with Crippen LogP contribution in [0.4, 0.5) is 22.7 Å². The number of hydrogen-bond acceptors (Lipinski definition) is 10. The number of aromatic nitrogens is 2.